The molecule has 0 saturated carbocycles. The first-order chi connectivity index (χ1) is 12.5. The number of anilines is 1. The van der Waals surface area contributed by atoms with Crippen LogP contribution in [-0.4, -0.2) is 35.8 Å². The highest BCUT2D eigenvalue weighted by Crippen LogP contribution is 2.31. The second kappa shape index (κ2) is 6.90. The Morgan fingerprint density at radius 1 is 1.22 bits per heavy atom. The van der Waals surface area contributed by atoms with E-state index in [-0.39, 0.29) is 6.04 Å². The molecule has 1 aliphatic rings. The summed E-state index contributed by atoms with van der Waals surface area (Å²) in [6.07, 6.45) is -4.17. The lowest BCUT2D eigenvalue weighted by molar-refractivity contribution is -0.137. The van der Waals surface area contributed by atoms with E-state index < -0.39 is 23.4 Å². The van der Waals surface area contributed by atoms with E-state index >= 15 is 0 Å². The van der Waals surface area contributed by atoms with Crippen molar-refractivity contribution in [2.75, 3.05) is 18.0 Å². The van der Waals surface area contributed by atoms with Crippen molar-refractivity contribution in [2.45, 2.75) is 45.0 Å². The fourth-order valence-corrected chi connectivity index (χ4v) is 3.02. The normalized spacial score (nSPS) is 18.0. The summed E-state index contributed by atoms with van der Waals surface area (Å²) in [5, 5.41) is 3.47. The van der Waals surface area contributed by atoms with E-state index in [4.69, 9.17) is 4.74 Å². The van der Waals surface area contributed by atoms with Gasteiger partial charge in [0.15, 0.2) is 0 Å². The third-order valence-corrected chi connectivity index (χ3v) is 4.24. The van der Waals surface area contributed by atoms with Crippen molar-refractivity contribution in [1.29, 1.82) is 0 Å². The smallest absolute Gasteiger partial charge is 0.416 e. The van der Waals surface area contributed by atoms with Gasteiger partial charge in [-0.1, -0.05) is 6.07 Å². The molecule has 2 aromatic rings. The molecule has 1 fully saturated rings. The summed E-state index contributed by atoms with van der Waals surface area (Å²) < 4.78 is 44.0. The van der Waals surface area contributed by atoms with E-state index in [1.165, 1.54) is 6.07 Å². The molecule has 0 spiro atoms. The number of fused-ring (bicyclic) bond motifs is 1. The molecule has 3 rings (SSSR count). The number of amides is 1. The lowest BCUT2D eigenvalue weighted by atomic mass is 10.1. The molecule has 146 valence electrons. The van der Waals surface area contributed by atoms with Gasteiger partial charge in [0.1, 0.15) is 11.4 Å². The minimum Gasteiger partial charge on any atom is -0.444 e. The zero-order valence-corrected chi connectivity index (χ0v) is 15.4. The first-order valence-electron chi connectivity index (χ1n) is 8.74. The van der Waals surface area contributed by atoms with Crippen molar-refractivity contribution < 1.29 is 22.7 Å². The molecule has 2 heterocycles. The van der Waals surface area contributed by atoms with E-state index in [0.717, 1.165) is 12.1 Å². The van der Waals surface area contributed by atoms with E-state index in [1.54, 1.807) is 32.9 Å². The van der Waals surface area contributed by atoms with Gasteiger partial charge in [-0.2, -0.15) is 13.2 Å². The summed E-state index contributed by atoms with van der Waals surface area (Å²) in [4.78, 5) is 18.2. The molecule has 0 bridgehead atoms. The third-order valence-electron chi connectivity index (χ3n) is 4.24. The summed E-state index contributed by atoms with van der Waals surface area (Å²) >= 11 is 0. The Labute approximate surface area is 155 Å². The van der Waals surface area contributed by atoms with Crippen LogP contribution in [0.15, 0.2) is 30.3 Å². The number of alkyl halides is 3. The highest BCUT2D eigenvalue weighted by molar-refractivity contribution is 5.81. The lowest BCUT2D eigenvalue weighted by Gasteiger charge is -2.22. The minimum atomic E-state index is -4.40. The average Bonchev–Trinajstić information content (AvgIpc) is 2.99. The number of nitrogens with one attached hydrogen (secondary N) is 1. The molecule has 0 radical (unpaired) electrons. The number of carbonyl (C=O) groups excluding carboxylic acids is 1. The largest absolute Gasteiger partial charge is 0.444 e. The average molecular weight is 381 g/mol. The Morgan fingerprint density at radius 3 is 2.59 bits per heavy atom. The van der Waals surface area contributed by atoms with Crippen molar-refractivity contribution in [3.8, 4) is 0 Å². The Hall–Kier alpha value is -2.51. The van der Waals surface area contributed by atoms with Gasteiger partial charge in [-0.3, -0.25) is 0 Å². The van der Waals surface area contributed by atoms with Crippen LogP contribution >= 0.6 is 0 Å². The summed E-state index contributed by atoms with van der Waals surface area (Å²) in [5.74, 6) is 0.593. The topological polar surface area (TPSA) is 54.5 Å². The number of carbonyl (C=O) groups is 1. The quantitative estimate of drug-likeness (QED) is 0.840. The number of alkyl carbamates (subject to hydrolysis) is 1. The van der Waals surface area contributed by atoms with Crippen molar-refractivity contribution in [3.63, 3.8) is 0 Å². The molecule has 1 aliphatic heterocycles. The highest BCUT2D eigenvalue weighted by Gasteiger charge is 2.31. The van der Waals surface area contributed by atoms with Gasteiger partial charge in [-0.25, -0.2) is 9.78 Å². The SMILES string of the molecule is CC(C)(C)OC(=O)NC1CCN(c2ccc3ccc(C(F)(F)F)cc3n2)C1. The molecule has 1 saturated heterocycles. The number of pyridine rings is 1. The fourth-order valence-electron chi connectivity index (χ4n) is 3.02. The van der Waals surface area contributed by atoms with Crippen LogP contribution in [0, 0.1) is 0 Å². The van der Waals surface area contributed by atoms with Crippen molar-refractivity contribution >= 4 is 22.8 Å². The molecule has 1 aromatic carbocycles. The van der Waals surface area contributed by atoms with Crippen LogP contribution in [0.25, 0.3) is 10.9 Å². The molecule has 1 N–H and O–H groups in total. The molecule has 5 nitrogen and oxygen atoms in total. The summed E-state index contributed by atoms with van der Waals surface area (Å²) in [6, 6.07) is 6.98. The number of benzene rings is 1. The molecule has 1 amide bonds. The van der Waals surface area contributed by atoms with Crippen LogP contribution in [0.5, 0.6) is 0 Å². The van der Waals surface area contributed by atoms with Gasteiger partial charge in [0, 0.05) is 18.5 Å². The predicted molar refractivity (Wildman–Crippen MR) is 96.7 cm³/mol. The number of halogens is 3. The van der Waals surface area contributed by atoms with Gasteiger partial charge in [0.25, 0.3) is 0 Å². The van der Waals surface area contributed by atoms with Gasteiger partial charge in [0.05, 0.1) is 17.1 Å². The molecule has 8 heteroatoms. The predicted octanol–water partition coefficient (Wildman–Crippen LogP) is 4.36. The van der Waals surface area contributed by atoms with Crippen LogP contribution in [0.1, 0.15) is 32.8 Å². The first kappa shape index (κ1) is 19.3. The van der Waals surface area contributed by atoms with Crippen LogP contribution < -0.4 is 10.2 Å². The van der Waals surface area contributed by atoms with Crippen LogP contribution in [0.4, 0.5) is 23.8 Å². The summed E-state index contributed by atoms with van der Waals surface area (Å²) in [5.41, 5.74) is -0.991. The lowest BCUT2D eigenvalue weighted by Crippen LogP contribution is -2.40. The van der Waals surface area contributed by atoms with Crippen LogP contribution in [-0.2, 0) is 10.9 Å². The fraction of sp³-hybridized carbons (Fsp3) is 0.474. The number of aromatic nitrogens is 1. The van der Waals surface area contributed by atoms with Gasteiger partial charge >= 0.3 is 12.3 Å². The van der Waals surface area contributed by atoms with Gasteiger partial charge in [0.2, 0.25) is 0 Å². The maximum Gasteiger partial charge on any atom is 0.416 e. The number of hydrogen-bond donors (Lipinski definition) is 1. The molecule has 1 aromatic heterocycles. The molecule has 1 atom stereocenters. The highest BCUT2D eigenvalue weighted by atomic mass is 19.4. The Bertz CT molecular complexity index is 846. The molecular weight excluding hydrogens is 359 g/mol. The number of nitrogens with zero attached hydrogens (tertiary/aromatic N) is 2. The minimum absolute atomic E-state index is 0.0983. The summed E-state index contributed by atoms with van der Waals surface area (Å²) in [6.45, 7) is 6.56. The first-order valence-corrected chi connectivity index (χ1v) is 8.74. The second-order valence-electron chi connectivity index (χ2n) is 7.65. The van der Waals surface area contributed by atoms with Gasteiger partial charge in [-0.15, -0.1) is 0 Å². The Balaban J connectivity index is 1.71. The third kappa shape index (κ3) is 4.81. The summed E-state index contributed by atoms with van der Waals surface area (Å²) in [7, 11) is 0. The number of rotatable bonds is 2. The monoisotopic (exact) mass is 381 g/mol. The molecule has 27 heavy (non-hydrogen) atoms. The van der Waals surface area contributed by atoms with E-state index in [2.05, 4.69) is 10.3 Å². The standard InChI is InChI=1S/C19H22F3N3O2/c1-18(2,3)27-17(26)23-14-8-9-25(11-14)16-7-5-12-4-6-13(19(20,21)22)10-15(12)24-16/h4-7,10,14H,8-9,11H2,1-3H3,(H,23,26). The zero-order valence-electron chi connectivity index (χ0n) is 15.4. The number of ether oxygens (including phenoxy) is 1. The van der Waals surface area contributed by atoms with Gasteiger partial charge in [-0.05, 0) is 51.5 Å². The maximum atomic E-state index is 12.9. The van der Waals surface area contributed by atoms with Crippen molar-refractivity contribution in [1.82, 2.24) is 10.3 Å². The molecule has 1 unspecified atom stereocenters. The van der Waals surface area contributed by atoms with Crippen molar-refractivity contribution in [2.24, 2.45) is 0 Å². The van der Waals surface area contributed by atoms with Gasteiger partial charge < -0.3 is 15.0 Å². The molecular formula is C19H22F3N3O2. The zero-order chi connectivity index (χ0) is 19.8. The van der Waals surface area contributed by atoms with Crippen LogP contribution in [0.2, 0.25) is 0 Å². The maximum absolute atomic E-state index is 12.9. The van der Waals surface area contributed by atoms with Crippen LogP contribution in [0.3, 0.4) is 0 Å². The van der Waals surface area contributed by atoms with E-state index in [9.17, 15) is 18.0 Å². The van der Waals surface area contributed by atoms with E-state index in [1.807, 2.05) is 4.90 Å². The Morgan fingerprint density at radius 2 is 1.93 bits per heavy atom. The van der Waals surface area contributed by atoms with E-state index in [0.29, 0.717) is 36.2 Å². The van der Waals surface area contributed by atoms with Crippen molar-refractivity contribution in [3.05, 3.63) is 35.9 Å². The molecule has 0 aliphatic carbocycles. The Kier molecular flexibility index (Phi) is 4.92. The number of hydrogen-bond acceptors (Lipinski definition) is 4. The second-order valence-corrected chi connectivity index (χ2v) is 7.65.